The summed E-state index contributed by atoms with van der Waals surface area (Å²) in [6.07, 6.45) is 1.45. The van der Waals surface area contributed by atoms with Crippen molar-refractivity contribution in [3.05, 3.63) is 58.3 Å². The van der Waals surface area contributed by atoms with Crippen LogP contribution in [0.25, 0.3) is 0 Å². The fourth-order valence-corrected chi connectivity index (χ4v) is 4.35. The molecule has 2 aromatic rings. The van der Waals surface area contributed by atoms with Gasteiger partial charge in [-0.1, -0.05) is 17.7 Å². The first kappa shape index (κ1) is 17.0. The second kappa shape index (κ2) is 5.92. The third kappa shape index (κ3) is 2.98. The highest BCUT2D eigenvalue weighted by molar-refractivity contribution is 7.94. The summed E-state index contributed by atoms with van der Waals surface area (Å²) in [5.74, 6) is -0.601. The van der Waals surface area contributed by atoms with Crippen LogP contribution in [0.5, 0.6) is 0 Å². The van der Waals surface area contributed by atoms with E-state index < -0.39 is 25.4 Å². The normalized spacial score (nSPS) is 15.4. The quantitative estimate of drug-likeness (QED) is 0.644. The number of hydrogen-bond donors (Lipinski definition) is 1. The number of aryl methyl sites for hydroxylation is 1. The third-order valence-electron chi connectivity index (χ3n) is 4.16. The summed E-state index contributed by atoms with van der Waals surface area (Å²) in [5, 5.41) is 13.1. The molecule has 1 aliphatic rings. The van der Waals surface area contributed by atoms with Gasteiger partial charge in [-0.2, -0.15) is 0 Å². The van der Waals surface area contributed by atoms with Gasteiger partial charge in [0, 0.05) is 6.07 Å². The first-order valence-electron chi connectivity index (χ1n) is 7.49. The molecule has 3 rings (SSSR count). The molecule has 25 heavy (non-hydrogen) atoms. The lowest BCUT2D eigenvalue weighted by atomic mass is 10.2. The van der Waals surface area contributed by atoms with Crippen LogP contribution in [0.2, 0.25) is 0 Å². The number of carbonyl (C=O) groups is 1. The van der Waals surface area contributed by atoms with Crippen LogP contribution in [0.3, 0.4) is 0 Å². The molecular weight excluding hydrogens is 346 g/mol. The van der Waals surface area contributed by atoms with Gasteiger partial charge in [0.05, 0.1) is 9.82 Å². The minimum Gasteiger partial charge on any atom is -0.309 e. The molecule has 0 unspecified atom stereocenters. The molecule has 130 valence electrons. The highest BCUT2D eigenvalue weighted by Gasteiger charge is 2.61. The lowest BCUT2D eigenvalue weighted by molar-refractivity contribution is -0.385. The predicted octanol–water partition coefficient (Wildman–Crippen LogP) is 2.24. The Balaban J connectivity index is 1.83. The van der Waals surface area contributed by atoms with E-state index in [1.165, 1.54) is 24.3 Å². The summed E-state index contributed by atoms with van der Waals surface area (Å²) in [5.41, 5.74) is 0.703. The summed E-state index contributed by atoms with van der Waals surface area (Å²) >= 11 is 0. The van der Waals surface area contributed by atoms with E-state index in [-0.39, 0.29) is 29.2 Å². The Kier molecular flexibility index (Phi) is 4.03. The third-order valence-corrected chi connectivity index (χ3v) is 6.68. The number of nitrogens with zero attached hydrogens (tertiary/aromatic N) is 2. The van der Waals surface area contributed by atoms with E-state index in [0.717, 1.165) is 11.8 Å². The van der Waals surface area contributed by atoms with Crippen LogP contribution in [0.1, 0.15) is 18.4 Å². The molecule has 0 atom stereocenters. The number of carbonyl (C=O) groups excluding carboxylic acids is 1. The molecule has 0 bridgehead atoms. The molecule has 1 aromatic heterocycles. The second-order valence-electron chi connectivity index (χ2n) is 5.92. The molecule has 1 aromatic carbocycles. The number of hydrogen-bond acceptors (Lipinski definition) is 6. The maximum Gasteiger partial charge on any atom is 0.287 e. The van der Waals surface area contributed by atoms with Crippen LogP contribution >= 0.6 is 0 Å². The van der Waals surface area contributed by atoms with Crippen LogP contribution in [0.4, 0.5) is 11.5 Å². The molecule has 1 fully saturated rings. The van der Waals surface area contributed by atoms with E-state index in [2.05, 4.69) is 10.3 Å². The Hall–Kier alpha value is -2.81. The van der Waals surface area contributed by atoms with Crippen LogP contribution in [0.15, 0.2) is 47.5 Å². The minimum absolute atomic E-state index is 0.0704. The Morgan fingerprint density at radius 1 is 1.20 bits per heavy atom. The van der Waals surface area contributed by atoms with Crippen molar-refractivity contribution in [1.29, 1.82) is 0 Å². The van der Waals surface area contributed by atoms with Crippen LogP contribution < -0.4 is 5.32 Å². The van der Waals surface area contributed by atoms with Crippen molar-refractivity contribution in [1.82, 2.24) is 4.98 Å². The minimum atomic E-state index is -3.83. The number of nitrogens with one attached hydrogen (secondary N) is 1. The standard InChI is InChI=1S/C16H15N3O5S/c1-11-2-5-13(6-3-11)25(23,24)16(8-9-16)15(20)18-14-7-4-12(10-17-14)19(21)22/h2-7,10H,8-9H2,1H3,(H,17,18,20). The lowest BCUT2D eigenvalue weighted by Gasteiger charge is -2.16. The molecule has 1 aliphatic carbocycles. The number of amides is 1. The van der Waals surface area contributed by atoms with Gasteiger partial charge >= 0.3 is 0 Å². The van der Waals surface area contributed by atoms with E-state index >= 15 is 0 Å². The van der Waals surface area contributed by atoms with Crippen molar-refractivity contribution >= 4 is 27.2 Å². The number of anilines is 1. The van der Waals surface area contributed by atoms with Gasteiger partial charge in [-0.15, -0.1) is 0 Å². The van der Waals surface area contributed by atoms with E-state index in [4.69, 9.17) is 0 Å². The molecule has 1 N–H and O–H groups in total. The number of nitro groups is 1. The van der Waals surface area contributed by atoms with Crippen molar-refractivity contribution < 1.29 is 18.1 Å². The molecule has 0 aliphatic heterocycles. The number of sulfone groups is 1. The maximum atomic E-state index is 12.8. The molecule has 0 spiro atoms. The highest BCUT2D eigenvalue weighted by atomic mass is 32.2. The molecule has 9 heteroatoms. The van der Waals surface area contributed by atoms with Gasteiger partial charge < -0.3 is 5.32 Å². The SMILES string of the molecule is Cc1ccc(S(=O)(=O)C2(C(=O)Nc3ccc([N+](=O)[O-])cn3)CC2)cc1. The molecule has 8 nitrogen and oxygen atoms in total. The van der Waals surface area contributed by atoms with Crippen molar-refractivity contribution in [2.75, 3.05) is 5.32 Å². The fourth-order valence-electron chi connectivity index (χ4n) is 2.47. The fraction of sp³-hybridized carbons (Fsp3) is 0.250. The summed E-state index contributed by atoms with van der Waals surface area (Å²) in [6, 6.07) is 8.79. The molecular formula is C16H15N3O5S. The van der Waals surface area contributed by atoms with E-state index in [0.29, 0.717) is 0 Å². The van der Waals surface area contributed by atoms with Crippen LogP contribution in [-0.4, -0.2) is 29.0 Å². The second-order valence-corrected chi connectivity index (χ2v) is 8.18. The van der Waals surface area contributed by atoms with E-state index in [1.54, 1.807) is 12.1 Å². The Bertz CT molecular complexity index is 933. The largest absolute Gasteiger partial charge is 0.309 e. The van der Waals surface area contributed by atoms with Gasteiger partial charge in [-0.3, -0.25) is 14.9 Å². The number of pyridine rings is 1. The monoisotopic (exact) mass is 361 g/mol. The molecule has 0 radical (unpaired) electrons. The highest BCUT2D eigenvalue weighted by Crippen LogP contribution is 2.47. The van der Waals surface area contributed by atoms with Gasteiger partial charge in [0.1, 0.15) is 12.0 Å². The van der Waals surface area contributed by atoms with Crippen LogP contribution in [0, 0.1) is 17.0 Å². The zero-order chi connectivity index (χ0) is 18.2. The van der Waals surface area contributed by atoms with Crippen molar-refractivity contribution in [2.24, 2.45) is 0 Å². The Morgan fingerprint density at radius 2 is 1.84 bits per heavy atom. The average Bonchev–Trinajstić information content (AvgIpc) is 3.38. The van der Waals surface area contributed by atoms with Gasteiger partial charge in [-0.25, -0.2) is 13.4 Å². The zero-order valence-electron chi connectivity index (χ0n) is 13.3. The topological polar surface area (TPSA) is 119 Å². The maximum absolute atomic E-state index is 12.8. The van der Waals surface area contributed by atoms with Crippen LogP contribution in [-0.2, 0) is 14.6 Å². The summed E-state index contributed by atoms with van der Waals surface area (Å²) in [6.45, 7) is 1.84. The molecule has 1 amide bonds. The number of aromatic nitrogens is 1. The molecule has 1 saturated carbocycles. The average molecular weight is 361 g/mol. The molecule has 1 heterocycles. The summed E-state index contributed by atoms with van der Waals surface area (Å²) in [7, 11) is -3.83. The zero-order valence-corrected chi connectivity index (χ0v) is 14.1. The van der Waals surface area contributed by atoms with Crippen molar-refractivity contribution in [3.8, 4) is 0 Å². The molecule has 0 saturated heterocycles. The summed E-state index contributed by atoms with van der Waals surface area (Å²) < 4.78 is 24.2. The van der Waals surface area contributed by atoms with Gasteiger partial charge in [0.25, 0.3) is 5.69 Å². The number of rotatable bonds is 5. The van der Waals surface area contributed by atoms with E-state index in [9.17, 15) is 23.3 Å². The summed E-state index contributed by atoms with van der Waals surface area (Å²) in [4.78, 5) is 26.4. The van der Waals surface area contributed by atoms with E-state index in [1.807, 2.05) is 6.92 Å². The van der Waals surface area contributed by atoms with Gasteiger partial charge in [0.15, 0.2) is 14.6 Å². The van der Waals surface area contributed by atoms with Gasteiger partial charge in [-0.05, 0) is 38.0 Å². The smallest absolute Gasteiger partial charge is 0.287 e. The first-order valence-corrected chi connectivity index (χ1v) is 8.98. The Morgan fingerprint density at radius 3 is 2.32 bits per heavy atom. The predicted molar refractivity (Wildman–Crippen MR) is 89.9 cm³/mol. The van der Waals surface area contributed by atoms with Crippen molar-refractivity contribution in [3.63, 3.8) is 0 Å². The van der Waals surface area contributed by atoms with Crippen molar-refractivity contribution in [2.45, 2.75) is 29.4 Å². The number of benzene rings is 1. The lowest BCUT2D eigenvalue weighted by Crippen LogP contribution is -2.37. The first-order chi connectivity index (χ1) is 11.8. The van der Waals surface area contributed by atoms with Gasteiger partial charge in [0.2, 0.25) is 5.91 Å². The Labute approximate surface area is 144 Å².